The summed E-state index contributed by atoms with van der Waals surface area (Å²) in [6.07, 6.45) is 9.07. The minimum atomic E-state index is 0.129. The highest BCUT2D eigenvalue weighted by atomic mass is 16.5. The van der Waals surface area contributed by atoms with Gasteiger partial charge < -0.3 is 14.2 Å². The molecule has 3 aliphatic rings. The van der Waals surface area contributed by atoms with Gasteiger partial charge in [-0.1, -0.05) is 24.3 Å². The van der Waals surface area contributed by atoms with Crippen molar-refractivity contribution in [1.29, 1.82) is 0 Å². The van der Waals surface area contributed by atoms with E-state index in [1.165, 1.54) is 0 Å². The zero-order valence-corrected chi connectivity index (χ0v) is 12.4. The molecule has 0 aromatic heterocycles. The maximum atomic E-state index is 6.26. The molecule has 1 saturated heterocycles. The van der Waals surface area contributed by atoms with E-state index in [4.69, 9.17) is 14.2 Å². The van der Waals surface area contributed by atoms with E-state index in [-0.39, 0.29) is 18.3 Å². The average Bonchev–Trinajstić information content (AvgIpc) is 2.85. The number of fused-ring (bicyclic) bond motifs is 5. The van der Waals surface area contributed by atoms with Crippen molar-refractivity contribution in [2.24, 2.45) is 11.8 Å². The summed E-state index contributed by atoms with van der Waals surface area (Å²) in [6.45, 7) is 4.77. The van der Waals surface area contributed by atoms with Crippen LogP contribution in [0, 0.1) is 11.8 Å². The number of rotatable bonds is 2. The summed E-state index contributed by atoms with van der Waals surface area (Å²) in [7, 11) is 0. The lowest BCUT2D eigenvalue weighted by molar-refractivity contribution is 0.0334. The Hall–Kier alpha value is -1.74. The molecule has 2 aliphatic heterocycles. The Balaban J connectivity index is 1.64. The summed E-state index contributed by atoms with van der Waals surface area (Å²) in [5, 5.41) is 0. The van der Waals surface area contributed by atoms with Crippen LogP contribution < -0.4 is 9.47 Å². The van der Waals surface area contributed by atoms with Crippen LogP contribution in [0.1, 0.15) is 25.5 Å². The first-order valence-corrected chi connectivity index (χ1v) is 7.66. The highest BCUT2D eigenvalue weighted by Gasteiger charge is 2.46. The average molecular weight is 284 g/mol. The van der Waals surface area contributed by atoms with E-state index in [2.05, 4.69) is 30.4 Å². The second-order valence-corrected chi connectivity index (χ2v) is 6.21. The van der Waals surface area contributed by atoms with Crippen molar-refractivity contribution in [3.63, 3.8) is 0 Å². The SMILES string of the molecule is CC(C)Oc1ccc2c(c1)OCC1C2OC2C=CC=CC21. The number of allylic oxidation sites excluding steroid dienone is 2. The van der Waals surface area contributed by atoms with E-state index in [1.54, 1.807) is 0 Å². The molecule has 2 heterocycles. The minimum absolute atomic E-state index is 0.129. The topological polar surface area (TPSA) is 27.7 Å². The normalized spacial score (nSPS) is 32.3. The molecule has 0 spiro atoms. The van der Waals surface area contributed by atoms with Gasteiger partial charge in [-0.3, -0.25) is 0 Å². The third-order valence-corrected chi connectivity index (χ3v) is 4.41. The molecule has 0 saturated carbocycles. The van der Waals surface area contributed by atoms with Crippen LogP contribution in [-0.2, 0) is 4.74 Å². The molecule has 0 amide bonds. The lowest BCUT2D eigenvalue weighted by Crippen LogP contribution is -2.27. The summed E-state index contributed by atoms with van der Waals surface area (Å²) in [6, 6.07) is 6.10. The second-order valence-electron chi connectivity index (χ2n) is 6.21. The van der Waals surface area contributed by atoms with E-state index in [1.807, 2.05) is 26.0 Å². The Morgan fingerprint density at radius 2 is 2.05 bits per heavy atom. The summed E-state index contributed by atoms with van der Waals surface area (Å²) < 4.78 is 18.0. The first-order valence-electron chi connectivity index (χ1n) is 7.66. The van der Waals surface area contributed by atoms with Gasteiger partial charge in [0.2, 0.25) is 0 Å². The third kappa shape index (κ3) is 2.16. The predicted molar refractivity (Wildman–Crippen MR) is 80.6 cm³/mol. The van der Waals surface area contributed by atoms with Gasteiger partial charge in [-0.2, -0.15) is 0 Å². The molecule has 4 atom stereocenters. The van der Waals surface area contributed by atoms with E-state index >= 15 is 0 Å². The van der Waals surface area contributed by atoms with Gasteiger partial charge >= 0.3 is 0 Å². The first-order chi connectivity index (χ1) is 10.2. The molecule has 0 radical (unpaired) electrons. The van der Waals surface area contributed by atoms with Gasteiger partial charge in [0.1, 0.15) is 11.5 Å². The third-order valence-electron chi connectivity index (χ3n) is 4.41. The molecule has 4 rings (SSSR count). The minimum Gasteiger partial charge on any atom is -0.493 e. The van der Waals surface area contributed by atoms with Crippen LogP contribution in [-0.4, -0.2) is 18.8 Å². The molecule has 0 N–H and O–H groups in total. The van der Waals surface area contributed by atoms with Crippen LogP contribution >= 0.6 is 0 Å². The van der Waals surface area contributed by atoms with Crippen LogP contribution in [0.5, 0.6) is 11.5 Å². The predicted octanol–water partition coefficient (Wildman–Crippen LogP) is 3.66. The van der Waals surface area contributed by atoms with Crippen molar-refractivity contribution in [3.8, 4) is 11.5 Å². The molecule has 1 aromatic carbocycles. The lowest BCUT2D eigenvalue weighted by Gasteiger charge is -2.29. The molecule has 1 fully saturated rings. The molecular weight excluding hydrogens is 264 g/mol. The maximum Gasteiger partial charge on any atom is 0.128 e. The van der Waals surface area contributed by atoms with Gasteiger partial charge in [0.05, 0.1) is 24.9 Å². The molecule has 1 aliphatic carbocycles. The van der Waals surface area contributed by atoms with E-state index in [0.29, 0.717) is 18.4 Å². The fourth-order valence-electron chi connectivity index (χ4n) is 3.51. The molecule has 4 unspecified atom stereocenters. The van der Waals surface area contributed by atoms with Gasteiger partial charge in [0, 0.05) is 23.5 Å². The van der Waals surface area contributed by atoms with Crippen molar-refractivity contribution in [2.75, 3.05) is 6.61 Å². The lowest BCUT2D eigenvalue weighted by atomic mass is 9.82. The second kappa shape index (κ2) is 4.92. The zero-order chi connectivity index (χ0) is 14.4. The van der Waals surface area contributed by atoms with Crippen LogP contribution in [0.15, 0.2) is 42.5 Å². The quantitative estimate of drug-likeness (QED) is 0.829. The molecular formula is C18H20O3. The van der Waals surface area contributed by atoms with Crippen LogP contribution in [0.4, 0.5) is 0 Å². The van der Waals surface area contributed by atoms with E-state index < -0.39 is 0 Å². The fraction of sp³-hybridized carbons (Fsp3) is 0.444. The zero-order valence-electron chi connectivity index (χ0n) is 12.4. The maximum absolute atomic E-state index is 6.26. The smallest absolute Gasteiger partial charge is 0.128 e. The van der Waals surface area contributed by atoms with Crippen molar-refractivity contribution in [3.05, 3.63) is 48.1 Å². The Kier molecular flexibility index (Phi) is 3.03. The summed E-state index contributed by atoms with van der Waals surface area (Å²) >= 11 is 0. The fourth-order valence-corrected chi connectivity index (χ4v) is 3.51. The summed E-state index contributed by atoms with van der Waals surface area (Å²) in [4.78, 5) is 0. The van der Waals surface area contributed by atoms with Gasteiger partial charge in [-0.05, 0) is 26.0 Å². The highest BCUT2D eigenvalue weighted by molar-refractivity contribution is 5.44. The Labute approximate surface area is 125 Å². The van der Waals surface area contributed by atoms with E-state index in [9.17, 15) is 0 Å². The first kappa shape index (κ1) is 13.0. The molecule has 110 valence electrons. The summed E-state index contributed by atoms with van der Waals surface area (Å²) in [5.41, 5.74) is 1.15. The standard InChI is InChI=1S/C18H20O3/c1-11(2)20-12-7-8-14-17(9-12)19-10-15-13-5-3-4-6-16(13)21-18(14)15/h3-9,11,13,15-16,18H,10H2,1-2H3. The molecule has 3 heteroatoms. The van der Waals surface area contributed by atoms with Crippen molar-refractivity contribution >= 4 is 0 Å². The van der Waals surface area contributed by atoms with Crippen molar-refractivity contribution < 1.29 is 14.2 Å². The molecule has 1 aromatic rings. The Morgan fingerprint density at radius 1 is 1.19 bits per heavy atom. The van der Waals surface area contributed by atoms with Gasteiger partial charge in [0.15, 0.2) is 0 Å². The molecule has 0 bridgehead atoms. The molecule has 3 nitrogen and oxygen atoms in total. The Bertz CT molecular complexity index is 602. The van der Waals surface area contributed by atoms with Crippen LogP contribution in [0.25, 0.3) is 0 Å². The molecule has 21 heavy (non-hydrogen) atoms. The van der Waals surface area contributed by atoms with Gasteiger partial charge in [0.25, 0.3) is 0 Å². The Morgan fingerprint density at radius 3 is 2.90 bits per heavy atom. The van der Waals surface area contributed by atoms with Gasteiger partial charge in [-0.15, -0.1) is 0 Å². The monoisotopic (exact) mass is 284 g/mol. The van der Waals surface area contributed by atoms with Gasteiger partial charge in [-0.25, -0.2) is 0 Å². The number of hydrogen-bond donors (Lipinski definition) is 0. The van der Waals surface area contributed by atoms with Crippen LogP contribution in [0.3, 0.4) is 0 Å². The number of ether oxygens (including phenoxy) is 3. The summed E-state index contributed by atoms with van der Waals surface area (Å²) in [5.74, 6) is 2.60. The number of benzene rings is 1. The van der Waals surface area contributed by atoms with Crippen LogP contribution in [0.2, 0.25) is 0 Å². The highest BCUT2D eigenvalue weighted by Crippen LogP contribution is 2.50. The van der Waals surface area contributed by atoms with Crippen molar-refractivity contribution in [1.82, 2.24) is 0 Å². The number of hydrogen-bond acceptors (Lipinski definition) is 3. The largest absolute Gasteiger partial charge is 0.493 e. The van der Waals surface area contributed by atoms with E-state index in [0.717, 1.165) is 17.1 Å². The van der Waals surface area contributed by atoms with Crippen molar-refractivity contribution in [2.45, 2.75) is 32.2 Å².